The van der Waals surface area contributed by atoms with Crippen molar-refractivity contribution in [3.8, 4) is 0 Å². The predicted octanol–water partition coefficient (Wildman–Crippen LogP) is 1.46. The fourth-order valence-electron chi connectivity index (χ4n) is 2.67. The van der Waals surface area contributed by atoms with E-state index in [0.29, 0.717) is 18.5 Å². The second-order valence-corrected chi connectivity index (χ2v) is 5.02. The zero-order chi connectivity index (χ0) is 13.9. The number of hydrogen-bond acceptors (Lipinski definition) is 4. The molecule has 1 saturated carbocycles. The van der Waals surface area contributed by atoms with Gasteiger partial charge in [-0.25, -0.2) is 4.79 Å². The second kappa shape index (κ2) is 5.42. The van der Waals surface area contributed by atoms with Crippen LogP contribution in [0, 0.1) is 0 Å². The number of hydrogen-bond donors (Lipinski definition) is 1. The summed E-state index contributed by atoms with van der Waals surface area (Å²) in [4.78, 5) is 25.2. The zero-order valence-corrected chi connectivity index (χ0v) is 11.0. The molecule has 0 aromatic carbocycles. The predicted molar refractivity (Wildman–Crippen MR) is 66.4 cm³/mol. The highest BCUT2D eigenvalue weighted by atomic mass is 16.5. The Balaban J connectivity index is 2.12. The van der Waals surface area contributed by atoms with Crippen LogP contribution in [-0.4, -0.2) is 39.6 Å². The number of likely N-dealkylation sites (N-methyl/N-ethyl adjacent to an activating group) is 1. The van der Waals surface area contributed by atoms with Crippen LogP contribution in [0.5, 0.6) is 0 Å². The lowest BCUT2D eigenvalue weighted by molar-refractivity contribution is -0.160. The lowest BCUT2D eigenvalue weighted by Gasteiger charge is -2.41. The molecule has 1 aromatic rings. The van der Waals surface area contributed by atoms with Gasteiger partial charge < -0.3 is 14.5 Å². The van der Waals surface area contributed by atoms with E-state index < -0.39 is 11.5 Å². The number of carboxylic acids is 1. The topological polar surface area (TPSA) is 83.6 Å². The van der Waals surface area contributed by atoms with Gasteiger partial charge in [-0.3, -0.25) is 4.79 Å². The minimum Gasteiger partial charge on any atom is -0.479 e. The van der Waals surface area contributed by atoms with Crippen molar-refractivity contribution in [3.63, 3.8) is 0 Å². The number of nitrogens with zero attached hydrogens (tertiary/aromatic N) is 2. The molecule has 1 amide bonds. The molecular formula is C13H18N2O4. The highest BCUT2D eigenvalue weighted by Gasteiger charge is 2.45. The highest BCUT2D eigenvalue weighted by Crippen LogP contribution is 2.33. The molecule has 0 spiro atoms. The van der Waals surface area contributed by atoms with Crippen LogP contribution in [0.15, 0.2) is 16.9 Å². The summed E-state index contributed by atoms with van der Waals surface area (Å²) in [6, 6.07) is 1.61. The van der Waals surface area contributed by atoms with E-state index in [1.807, 2.05) is 0 Å². The molecular weight excluding hydrogens is 248 g/mol. The van der Waals surface area contributed by atoms with E-state index in [0.717, 1.165) is 19.3 Å². The first-order valence-corrected chi connectivity index (χ1v) is 6.45. The van der Waals surface area contributed by atoms with Crippen molar-refractivity contribution in [1.29, 1.82) is 0 Å². The Morgan fingerprint density at radius 1 is 1.42 bits per heavy atom. The summed E-state index contributed by atoms with van der Waals surface area (Å²) in [5, 5.41) is 13.2. The average Bonchev–Trinajstić information content (AvgIpc) is 2.91. The van der Waals surface area contributed by atoms with Gasteiger partial charge in [-0.1, -0.05) is 24.4 Å². The van der Waals surface area contributed by atoms with Crippen molar-refractivity contribution >= 4 is 11.9 Å². The summed E-state index contributed by atoms with van der Waals surface area (Å²) in [6.07, 6.45) is 5.22. The molecule has 6 nitrogen and oxygen atoms in total. The Labute approximate surface area is 111 Å². The monoisotopic (exact) mass is 266 g/mol. The molecule has 1 fully saturated rings. The van der Waals surface area contributed by atoms with Gasteiger partial charge in [0, 0.05) is 13.1 Å². The molecule has 6 heteroatoms. The van der Waals surface area contributed by atoms with Crippen molar-refractivity contribution in [3.05, 3.63) is 18.0 Å². The minimum atomic E-state index is -1.06. The van der Waals surface area contributed by atoms with Gasteiger partial charge in [0.1, 0.15) is 11.8 Å². The van der Waals surface area contributed by atoms with Gasteiger partial charge in [0.15, 0.2) is 0 Å². The Hall–Kier alpha value is -1.85. The van der Waals surface area contributed by atoms with Crippen LogP contribution in [0.1, 0.15) is 37.8 Å². The Bertz CT molecular complexity index is 449. The normalized spacial score (nSPS) is 17.9. The number of aromatic nitrogens is 1. The number of amides is 1. The highest BCUT2D eigenvalue weighted by molar-refractivity contribution is 5.87. The van der Waals surface area contributed by atoms with Gasteiger partial charge in [0.05, 0.1) is 12.1 Å². The lowest BCUT2D eigenvalue weighted by atomic mass is 9.80. The fourth-order valence-corrected chi connectivity index (χ4v) is 2.67. The SMILES string of the molecule is CN(C(=O)Cc1ccon1)C1(C(=O)O)CCCCC1. The molecule has 0 unspecified atom stereocenters. The van der Waals surface area contributed by atoms with Crippen molar-refractivity contribution in [2.75, 3.05) is 7.05 Å². The van der Waals surface area contributed by atoms with Gasteiger partial charge in [0.2, 0.25) is 5.91 Å². The molecule has 1 heterocycles. The van der Waals surface area contributed by atoms with E-state index in [2.05, 4.69) is 9.68 Å². The maximum absolute atomic E-state index is 12.2. The van der Waals surface area contributed by atoms with E-state index >= 15 is 0 Å². The summed E-state index contributed by atoms with van der Waals surface area (Å²) in [6.45, 7) is 0. The molecule has 1 aromatic heterocycles. The van der Waals surface area contributed by atoms with E-state index in [-0.39, 0.29) is 12.3 Å². The first-order valence-electron chi connectivity index (χ1n) is 6.45. The molecule has 0 aliphatic heterocycles. The van der Waals surface area contributed by atoms with E-state index in [9.17, 15) is 14.7 Å². The summed E-state index contributed by atoms with van der Waals surface area (Å²) >= 11 is 0. The number of carboxylic acid groups (broad SMARTS) is 1. The molecule has 19 heavy (non-hydrogen) atoms. The third-order valence-electron chi connectivity index (χ3n) is 3.92. The number of carbonyl (C=O) groups excluding carboxylic acids is 1. The summed E-state index contributed by atoms with van der Waals surface area (Å²) < 4.78 is 4.68. The average molecular weight is 266 g/mol. The molecule has 1 aliphatic carbocycles. The fraction of sp³-hybridized carbons (Fsp3) is 0.615. The number of rotatable bonds is 4. The van der Waals surface area contributed by atoms with Crippen molar-refractivity contribution in [2.45, 2.75) is 44.1 Å². The zero-order valence-electron chi connectivity index (χ0n) is 11.0. The Morgan fingerprint density at radius 3 is 2.63 bits per heavy atom. The molecule has 2 rings (SSSR count). The van der Waals surface area contributed by atoms with Gasteiger partial charge in [-0.2, -0.15) is 0 Å². The second-order valence-electron chi connectivity index (χ2n) is 5.02. The largest absolute Gasteiger partial charge is 0.479 e. The van der Waals surface area contributed by atoms with Crippen molar-refractivity contribution in [1.82, 2.24) is 10.1 Å². The van der Waals surface area contributed by atoms with E-state index in [4.69, 9.17) is 0 Å². The molecule has 0 saturated heterocycles. The Morgan fingerprint density at radius 2 is 2.11 bits per heavy atom. The third-order valence-corrected chi connectivity index (χ3v) is 3.92. The van der Waals surface area contributed by atoms with Gasteiger partial charge >= 0.3 is 5.97 Å². The number of carbonyl (C=O) groups is 2. The molecule has 1 aliphatic rings. The van der Waals surface area contributed by atoms with E-state index in [1.165, 1.54) is 11.2 Å². The molecule has 0 atom stereocenters. The number of aliphatic carboxylic acids is 1. The van der Waals surface area contributed by atoms with Crippen LogP contribution in [0.2, 0.25) is 0 Å². The summed E-state index contributed by atoms with van der Waals surface area (Å²) in [5.41, 5.74) is -0.535. The molecule has 0 bridgehead atoms. The van der Waals surface area contributed by atoms with Gasteiger partial charge in [0.25, 0.3) is 0 Å². The van der Waals surface area contributed by atoms with Crippen LogP contribution >= 0.6 is 0 Å². The first-order chi connectivity index (χ1) is 9.06. The quantitative estimate of drug-likeness (QED) is 0.892. The Kier molecular flexibility index (Phi) is 3.87. The van der Waals surface area contributed by atoms with Gasteiger partial charge in [-0.15, -0.1) is 0 Å². The smallest absolute Gasteiger partial charge is 0.329 e. The van der Waals surface area contributed by atoms with Crippen LogP contribution < -0.4 is 0 Å². The summed E-state index contributed by atoms with van der Waals surface area (Å²) in [7, 11) is 1.57. The molecule has 0 radical (unpaired) electrons. The van der Waals surface area contributed by atoms with E-state index in [1.54, 1.807) is 13.1 Å². The van der Waals surface area contributed by atoms with Crippen LogP contribution in [0.4, 0.5) is 0 Å². The van der Waals surface area contributed by atoms with Crippen molar-refractivity contribution < 1.29 is 19.2 Å². The minimum absolute atomic E-state index is 0.0715. The summed E-state index contributed by atoms with van der Waals surface area (Å²) in [5.74, 6) is -1.15. The van der Waals surface area contributed by atoms with Crippen LogP contribution in [0.3, 0.4) is 0 Å². The molecule has 104 valence electrons. The lowest BCUT2D eigenvalue weighted by Crippen LogP contribution is -2.56. The van der Waals surface area contributed by atoms with Crippen LogP contribution in [-0.2, 0) is 16.0 Å². The van der Waals surface area contributed by atoms with Crippen LogP contribution in [0.25, 0.3) is 0 Å². The maximum atomic E-state index is 12.2. The standard InChI is InChI=1S/C13H18N2O4/c1-15(11(16)9-10-5-8-19-14-10)13(12(17)18)6-3-2-4-7-13/h5,8H,2-4,6-7,9H2,1H3,(H,17,18). The third kappa shape index (κ3) is 2.62. The van der Waals surface area contributed by atoms with Crippen molar-refractivity contribution in [2.24, 2.45) is 0 Å². The first kappa shape index (κ1) is 13.6. The maximum Gasteiger partial charge on any atom is 0.329 e. The molecule has 1 N–H and O–H groups in total. The van der Waals surface area contributed by atoms with Gasteiger partial charge in [-0.05, 0) is 12.8 Å².